The van der Waals surface area contributed by atoms with E-state index in [1.807, 2.05) is 36.4 Å². The fourth-order valence-corrected chi connectivity index (χ4v) is 7.80. The number of carbonyl (C=O) groups excluding carboxylic acids is 2. The number of benzene rings is 2. The van der Waals surface area contributed by atoms with Crippen LogP contribution in [0.5, 0.6) is 5.75 Å². The summed E-state index contributed by atoms with van der Waals surface area (Å²) in [5, 5.41) is 13.6. The number of ketones is 1. The summed E-state index contributed by atoms with van der Waals surface area (Å²) < 4.78 is 5.26. The molecule has 2 fully saturated rings. The molecule has 0 unspecified atom stereocenters. The van der Waals surface area contributed by atoms with E-state index < -0.39 is 0 Å². The Balaban J connectivity index is 1.26. The van der Waals surface area contributed by atoms with Gasteiger partial charge in [0.2, 0.25) is 5.91 Å². The molecule has 5 rings (SSSR count). The van der Waals surface area contributed by atoms with Gasteiger partial charge in [0.05, 0.1) is 6.61 Å². The minimum absolute atomic E-state index is 0.0902. The topological polar surface area (TPSA) is 75.6 Å². The number of aryl methyl sites for hydroxylation is 1. The predicted molar refractivity (Wildman–Crippen MR) is 144 cm³/mol. The van der Waals surface area contributed by atoms with Crippen molar-refractivity contribution >= 4 is 11.7 Å². The van der Waals surface area contributed by atoms with Crippen molar-refractivity contribution in [3.8, 4) is 5.75 Å². The van der Waals surface area contributed by atoms with Gasteiger partial charge in [-0.05, 0) is 96.9 Å². The smallest absolute Gasteiger partial charge is 0.220 e. The molecule has 5 nitrogen and oxygen atoms in total. The third kappa shape index (κ3) is 5.20. The van der Waals surface area contributed by atoms with Crippen LogP contribution in [0, 0.1) is 23.2 Å². The minimum atomic E-state index is -0.227. The number of fused-ring (bicyclic) bond motifs is 5. The van der Waals surface area contributed by atoms with Gasteiger partial charge in [-0.2, -0.15) is 0 Å². The number of hydrogen-bond acceptors (Lipinski definition) is 4. The second-order valence-corrected chi connectivity index (χ2v) is 11.8. The van der Waals surface area contributed by atoms with Crippen molar-refractivity contribution in [2.75, 3.05) is 13.7 Å². The largest absolute Gasteiger partial charge is 0.508 e. The normalized spacial score (nSPS) is 28.3. The van der Waals surface area contributed by atoms with Crippen LogP contribution in [0.2, 0.25) is 0 Å². The molecular formula is C32H41NO4. The highest BCUT2D eigenvalue weighted by atomic mass is 16.5. The van der Waals surface area contributed by atoms with Crippen LogP contribution in [0.25, 0.3) is 0 Å². The van der Waals surface area contributed by atoms with Gasteiger partial charge in [-0.3, -0.25) is 9.59 Å². The lowest BCUT2D eigenvalue weighted by molar-refractivity contribution is -0.129. The number of phenolic OH excluding ortho intramolecular Hbond substituents is 1. The molecule has 0 radical (unpaired) electrons. The number of carbonyl (C=O) groups is 2. The molecule has 2 aromatic carbocycles. The molecule has 198 valence electrons. The summed E-state index contributed by atoms with van der Waals surface area (Å²) in [7, 11) is 1.69. The molecule has 0 bridgehead atoms. The van der Waals surface area contributed by atoms with Crippen molar-refractivity contribution in [2.24, 2.45) is 23.2 Å². The summed E-state index contributed by atoms with van der Waals surface area (Å²) in [6.45, 7) is 3.38. The highest BCUT2D eigenvalue weighted by Crippen LogP contribution is 2.62. The third-order valence-electron chi connectivity index (χ3n) is 9.65. The summed E-state index contributed by atoms with van der Waals surface area (Å²) in [4.78, 5) is 25.8. The molecule has 3 aliphatic carbocycles. The SMILES string of the molecule is COCCc1cc2c(cc1O)CC[C@H]1[C@@H]3[C@H](CCCC(=O)NCc4ccccc4)CC(=O)[C@@]3(C)CC[C@H]21. The molecule has 0 aromatic heterocycles. The average molecular weight is 504 g/mol. The van der Waals surface area contributed by atoms with E-state index in [0.717, 1.165) is 49.7 Å². The van der Waals surface area contributed by atoms with Crippen molar-refractivity contribution < 1.29 is 19.4 Å². The molecular weight excluding hydrogens is 462 g/mol. The van der Waals surface area contributed by atoms with Gasteiger partial charge in [0.25, 0.3) is 0 Å². The molecule has 1 amide bonds. The fourth-order valence-electron chi connectivity index (χ4n) is 7.80. The van der Waals surface area contributed by atoms with Crippen LogP contribution in [0.15, 0.2) is 42.5 Å². The number of hydrogen-bond donors (Lipinski definition) is 2. The van der Waals surface area contributed by atoms with E-state index in [-0.39, 0.29) is 11.3 Å². The molecule has 0 heterocycles. The van der Waals surface area contributed by atoms with Crippen molar-refractivity contribution in [3.05, 3.63) is 64.7 Å². The Morgan fingerprint density at radius 1 is 1.19 bits per heavy atom. The summed E-state index contributed by atoms with van der Waals surface area (Å²) >= 11 is 0. The molecule has 0 aliphatic heterocycles. The first-order valence-electron chi connectivity index (χ1n) is 14.1. The number of aromatic hydroxyl groups is 1. The van der Waals surface area contributed by atoms with E-state index >= 15 is 0 Å². The lowest BCUT2D eigenvalue weighted by Gasteiger charge is -2.50. The van der Waals surface area contributed by atoms with Gasteiger partial charge >= 0.3 is 0 Å². The average Bonchev–Trinajstić information content (AvgIpc) is 3.16. The predicted octanol–water partition coefficient (Wildman–Crippen LogP) is 5.72. The first-order valence-corrected chi connectivity index (χ1v) is 14.1. The minimum Gasteiger partial charge on any atom is -0.508 e. The van der Waals surface area contributed by atoms with Gasteiger partial charge in [-0.25, -0.2) is 0 Å². The van der Waals surface area contributed by atoms with E-state index in [2.05, 4.69) is 18.3 Å². The van der Waals surface area contributed by atoms with Crippen LogP contribution in [0.3, 0.4) is 0 Å². The summed E-state index contributed by atoms with van der Waals surface area (Å²) in [6, 6.07) is 14.2. The maximum Gasteiger partial charge on any atom is 0.220 e. The Hall–Kier alpha value is -2.66. The maximum absolute atomic E-state index is 13.3. The Bertz CT molecular complexity index is 1130. The van der Waals surface area contributed by atoms with Gasteiger partial charge in [-0.15, -0.1) is 0 Å². The van der Waals surface area contributed by atoms with Crippen molar-refractivity contribution in [3.63, 3.8) is 0 Å². The Labute approximate surface area is 221 Å². The number of rotatable bonds is 9. The summed E-state index contributed by atoms with van der Waals surface area (Å²) in [6.07, 6.45) is 7.68. The van der Waals surface area contributed by atoms with Gasteiger partial charge in [0.1, 0.15) is 11.5 Å². The zero-order valence-electron chi connectivity index (χ0n) is 22.3. The Morgan fingerprint density at radius 2 is 2.00 bits per heavy atom. The zero-order chi connectivity index (χ0) is 26.0. The van der Waals surface area contributed by atoms with Crippen molar-refractivity contribution in [2.45, 2.75) is 77.2 Å². The van der Waals surface area contributed by atoms with E-state index in [0.29, 0.717) is 67.6 Å². The van der Waals surface area contributed by atoms with Gasteiger partial charge in [-0.1, -0.05) is 43.3 Å². The third-order valence-corrected chi connectivity index (χ3v) is 9.65. The first kappa shape index (κ1) is 26.0. The van der Waals surface area contributed by atoms with E-state index in [1.54, 1.807) is 7.11 Å². The Kier molecular flexibility index (Phi) is 7.71. The number of phenols is 1. The van der Waals surface area contributed by atoms with Crippen LogP contribution in [0.1, 0.15) is 80.0 Å². The molecule has 5 atom stereocenters. The van der Waals surface area contributed by atoms with Gasteiger partial charge < -0.3 is 15.2 Å². The quantitative estimate of drug-likeness (QED) is 0.459. The second kappa shape index (κ2) is 11.0. The molecule has 0 spiro atoms. The molecule has 2 saturated carbocycles. The zero-order valence-corrected chi connectivity index (χ0v) is 22.3. The number of ether oxygens (including phenoxy) is 1. The van der Waals surface area contributed by atoms with Crippen LogP contribution in [-0.4, -0.2) is 30.5 Å². The number of Topliss-reactive ketones (excluding diaryl/α,β-unsaturated/α-hetero) is 1. The molecule has 3 aliphatic rings. The number of amides is 1. The molecule has 2 aromatic rings. The Morgan fingerprint density at radius 3 is 2.78 bits per heavy atom. The van der Waals surface area contributed by atoms with Crippen molar-refractivity contribution in [1.82, 2.24) is 5.32 Å². The lowest BCUT2D eigenvalue weighted by atomic mass is 9.54. The highest BCUT2D eigenvalue weighted by molar-refractivity contribution is 5.87. The molecule has 2 N–H and O–H groups in total. The molecule has 37 heavy (non-hydrogen) atoms. The van der Waals surface area contributed by atoms with E-state index in [9.17, 15) is 14.7 Å². The summed E-state index contributed by atoms with van der Waals surface area (Å²) in [5.41, 5.74) is 4.52. The highest BCUT2D eigenvalue weighted by Gasteiger charge is 2.58. The van der Waals surface area contributed by atoms with Crippen LogP contribution >= 0.6 is 0 Å². The second-order valence-electron chi connectivity index (χ2n) is 11.8. The first-order chi connectivity index (χ1) is 17.9. The lowest BCUT2D eigenvalue weighted by Crippen LogP contribution is -2.44. The summed E-state index contributed by atoms with van der Waals surface area (Å²) in [5.74, 6) is 2.60. The van der Waals surface area contributed by atoms with E-state index in [1.165, 1.54) is 11.1 Å². The maximum atomic E-state index is 13.3. The van der Waals surface area contributed by atoms with Gasteiger partial charge in [0, 0.05) is 31.9 Å². The van der Waals surface area contributed by atoms with Crippen LogP contribution in [0.4, 0.5) is 0 Å². The monoisotopic (exact) mass is 503 g/mol. The number of nitrogens with one attached hydrogen (secondary N) is 1. The van der Waals surface area contributed by atoms with Crippen LogP contribution < -0.4 is 5.32 Å². The molecule has 0 saturated heterocycles. The fraction of sp³-hybridized carbons (Fsp3) is 0.562. The standard InChI is InChI=1S/C32H41NO4/c1-32-15-13-25-26(12-11-22-18-28(34)23(14-16-37-2)17-27(22)25)31(32)24(19-29(32)35)9-6-10-30(36)33-20-21-7-4-3-5-8-21/h3-5,7-8,17-18,24-26,31,34H,6,9-16,19-20H2,1-2H3,(H,33,36)/t24-,25+,26-,31+,32-/m1/s1. The molecule has 5 heteroatoms. The van der Waals surface area contributed by atoms with Gasteiger partial charge in [0.15, 0.2) is 0 Å². The van der Waals surface area contributed by atoms with Crippen LogP contribution in [-0.2, 0) is 33.7 Å². The van der Waals surface area contributed by atoms with Crippen molar-refractivity contribution in [1.29, 1.82) is 0 Å². The van der Waals surface area contributed by atoms with E-state index in [4.69, 9.17) is 4.74 Å². The number of methoxy groups -OCH3 is 1.